The van der Waals surface area contributed by atoms with Crippen molar-refractivity contribution in [2.75, 3.05) is 6.54 Å². The van der Waals surface area contributed by atoms with Gasteiger partial charge in [0, 0.05) is 19.5 Å². The molecule has 1 heterocycles. The number of nitrogens with zero attached hydrogens (tertiary/aromatic N) is 2. The van der Waals surface area contributed by atoms with Gasteiger partial charge in [-0.15, -0.1) is 0 Å². The van der Waals surface area contributed by atoms with Gasteiger partial charge in [0.1, 0.15) is 5.82 Å². The van der Waals surface area contributed by atoms with Crippen LogP contribution in [0.25, 0.3) is 11.0 Å². The third kappa shape index (κ3) is 3.60. The van der Waals surface area contributed by atoms with E-state index in [4.69, 9.17) is 4.98 Å². The Hall–Kier alpha value is -1.35. The van der Waals surface area contributed by atoms with Gasteiger partial charge in [-0.1, -0.05) is 32.9 Å². The van der Waals surface area contributed by atoms with Crippen molar-refractivity contribution in [2.24, 2.45) is 13.0 Å². The Labute approximate surface area is 122 Å². The summed E-state index contributed by atoms with van der Waals surface area (Å²) in [6.45, 7) is 7.88. The zero-order chi connectivity index (χ0) is 14.5. The molecule has 0 aliphatic heterocycles. The fourth-order valence-electron chi connectivity index (χ4n) is 2.75. The Morgan fingerprint density at radius 2 is 2.00 bits per heavy atom. The number of para-hydroxylation sites is 2. The molecule has 3 heteroatoms. The van der Waals surface area contributed by atoms with E-state index in [-0.39, 0.29) is 0 Å². The summed E-state index contributed by atoms with van der Waals surface area (Å²) < 4.78 is 2.23. The molecule has 1 aromatic heterocycles. The molecule has 0 bridgehead atoms. The molecule has 0 radical (unpaired) electrons. The molecule has 0 spiro atoms. The molecule has 0 saturated carbocycles. The number of aryl methyl sites for hydroxylation is 1. The van der Waals surface area contributed by atoms with Gasteiger partial charge in [-0.2, -0.15) is 0 Å². The molecule has 2 rings (SSSR count). The van der Waals surface area contributed by atoms with Crippen LogP contribution in [0.1, 0.15) is 39.4 Å². The number of nitrogens with one attached hydrogen (secondary N) is 1. The van der Waals surface area contributed by atoms with Gasteiger partial charge in [0.15, 0.2) is 0 Å². The lowest BCUT2D eigenvalue weighted by Crippen LogP contribution is -2.33. The molecule has 0 aliphatic carbocycles. The molecule has 20 heavy (non-hydrogen) atoms. The maximum absolute atomic E-state index is 4.79. The van der Waals surface area contributed by atoms with E-state index in [1.165, 1.54) is 24.2 Å². The van der Waals surface area contributed by atoms with Crippen molar-refractivity contribution in [3.63, 3.8) is 0 Å². The Kier molecular flexibility index (Phi) is 5.18. The lowest BCUT2D eigenvalue weighted by Gasteiger charge is -2.20. The van der Waals surface area contributed by atoms with Crippen LogP contribution in [0.4, 0.5) is 0 Å². The van der Waals surface area contributed by atoms with Crippen molar-refractivity contribution in [3.8, 4) is 0 Å². The largest absolute Gasteiger partial charge is 0.331 e. The highest BCUT2D eigenvalue weighted by atomic mass is 15.1. The molecule has 0 saturated heterocycles. The zero-order valence-electron chi connectivity index (χ0n) is 13.2. The number of fused-ring (bicyclic) bond motifs is 1. The highest BCUT2D eigenvalue weighted by molar-refractivity contribution is 5.75. The molecule has 0 aliphatic rings. The van der Waals surface area contributed by atoms with Crippen LogP contribution in [0.15, 0.2) is 24.3 Å². The molecular weight excluding hydrogens is 246 g/mol. The van der Waals surface area contributed by atoms with E-state index >= 15 is 0 Å². The van der Waals surface area contributed by atoms with Gasteiger partial charge in [-0.25, -0.2) is 4.98 Å². The van der Waals surface area contributed by atoms with E-state index in [0.29, 0.717) is 12.0 Å². The van der Waals surface area contributed by atoms with Gasteiger partial charge < -0.3 is 9.88 Å². The smallest absolute Gasteiger partial charge is 0.111 e. The zero-order valence-corrected chi connectivity index (χ0v) is 13.2. The summed E-state index contributed by atoms with van der Waals surface area (Å²) in [7, 11) is 2.12. The third-order valence-corrected chi connectivity index (χ3v) is 3.75. The molecule has 1 unspecified atom stereocenters. The number of rotatable bonds is 7. The van der Waals surface area contributed by atoms with Crippen LogP contribution in [-0.2, 0) is 13.5 Å². The predicted octanol–water partition coefficient (Wildman–Crippen LogP) is 3.53. The van der Waals surface area contributed by atoms with Crippen molar-refractivity contribution in [3.05, 3.63) is 30.1 Å². The SMILES string of the molecule is CCCNC(Cc1nc2ccccc2n1C)CC(C)C. The molecular formula is C17H27N3. The minimum atomic E-state index is 0.519. The molecule has 0 fully saturated rings. The van der Waals surface area contributed by atoms with E-state index in [0.717, 1.165) is 18.5 Å². The third-order valence-electron chi connectivity index (χ3n) is 3.75. The van der Waals surface area contributed by atoms with Gasteiger partial charge in [-0.3, -0.25) is 0 Å². The van der Waals surface area contributed by atoms with Crippen molar-refractivity contribution < 1.29 is 0 Å². The highest BCUT2D eigenvalue weighted by Gasteiger charge is 2.15. The van der Waals surface area contributed by atoms with E-state index in [1.54, 1.807) is 0 Å². The second-order valence-corrected chi connectivity index (χ2v) is 6.06. The van der Waals surface area contributed by atoms with Gasteiger partial charge >= 0.3 is 0 Å². The fourth-order valence-corrected chi connectivity index (χ4v) is 2.75. The van der Waals surface area contributed by atoms with Crippen molar-refractivity contribution in [1.82, 2.24) is 14.9 Å². The van der Waals surface area contributed by atoms with Crippen LogP contribution in [-0.4, -0.2) is 22.1 Å². The van der Waals surface area contributed by atoms with Crippen LogP contribution in [0.3, 0.4) is 0 Å². The summed E-state index contributed by atoms with van der Waals surface area (Å²) in [6.07, 6.45) is 3.38. The fraction of sp³-hybridized carbons (Fsp3) is 0.588. The summed E-state index contributed by atoms with van der Waals surface area (Å²) in [5.41, 5.74) is 2.32. The first-order valence-corrected chi connectivity index (χ1v) is 7.75. The monoisotopic (exact) mass is 273 g/mol. The van der Waals surface area contributed by atoms with E-state index in [2.05, 4.69) is 62.0 Å². The Morgan fingerprint density at radius 3 is 2.65 bits per heavy atom. The molecule has 0 amide bonds. The maximum Gasteiger partial charge on any atom is 0.111 e. The average Bonchev–Trinajstić information content (AvgIpc) is 2.73. The molecule has 110 valence electrons. The lowest BCUT2D eigenvalue weighted by molar-refractivity contribution is 0.408. The van der Waals surface area contributed by atoms with Crippen LogP contribution >= 0.6 is 0 Å². The molecule has 1 atom stereocenters. The lowest BCUT2D eigenvalue weighted by atomic mass is 10.0. The second kappa shape index (κ2) is 6.89. The van der Waals surface area contributed by atoms with Gasteiger partial charge in [0.2, 0.25) is 0 Å². The number of hydrogen-bond acceptors (Lipinski definition) is 2. The first-order valence-electron chi connectivity index (χ1n) is 7.75. The summed E-state index contributed by atoms with van der Waals surface area (Å²) in [5, 5.41) is 3.67. The minimum Gasteiger partial charge on any atom is -0.331 e. The maximum atomic E-state index is 4.79. The standard InChI is InChI=1S/C17H27N3/c1-5-10-18-14(11-13(2)3)12-17-19-15-8-6-7-9-16(15)20(17)4/h6-9,13-14,18H,5,10-12H2,1-4H3. The van der Waals surface area contributed by atoms with E-state index in [9.17, 15) is 0 Å². The Morgan fingerprint density at radius 1 is 1.25 bits per heavy atom. The summed E-state index contributed by atoms with van der Waals surface area (Å²) >= 11 is 0. The van der Waals surface area contributed by atoms with Crippen molar-refractivity contribution in [2.45, 2.75) is 46.1 Å². The number of benzene rings is 1. The summed E-state index contributed by atoms with van der Waals surface area (Å²) in [4.78, 5) is 4.79. The van der Waals surface area contributed by atoms with Crippen LogP contribution < -0.4 is 5.32 Å². The molecule has 1 aromatic carbocycles. The normalized spacial score (nSPS) is 13.2. The van der Waals surface area contributed by atoms with Crippen LogP contribution in [0, 0.1) is 5.92 Å². The van der Waals surface area contributed by atoms with Crippen LogP contribution in [0.5, 0.6) is 0 Å². The van der Waals surface area contributed by atoms with Gasteiger partial charge in [0.25, 0.3) is 0 Å². The number of hydrogen-bond donors (Lipinski definition) is 1. The minimum absolute atomic E-state index is 0.519. The predicted molar refractivity (Wildman–Crippen MR) is 86.0 cm³/mol. The van der Waals surface area contributed by atoms with Gasteiger partial charge in [0.05, 0.1) is 11.0 Å². The first-order chi connectivity index (χ1) is 9.61. The Bertz CT molecular complexity index is 542. The van der Waals surface area contributed by atoms with E-state index in [1.807, 2.05) is 0 Å². The highest BCUT2D eigenvalue weighted by Crippen LogP contribution is 2.17. The topological polar surface area (TPSA) is 29.9 Å². The molecule has 1 N–H and O–H groups in total. The second-order valence-electron chi connectivity index (χ2n) is 6.06. The Balaban J connectivity index is 2.16. The summed E-state index contributed by atoms with van der Waals surface area (Å²) in [6, 6.07) is 8.89. The van der Waals surface area contributed by atoms with Crippen molar-refractivity contribution in [1.29, 1.82) is 0 Å². The quantitative estimate of drug-likeness (QED) is 0.836. The first kappa shape index (κ1) is 15.0. The van der Waals surface area contributed by atoms with Crippen LogP contribution in [0.2, 0.25) is 0 Å². The number of aromatic nitrogens is 2. The van der Waals surface area contributed by atoms with E-state index < -0.39 is 0 Å². The average molecular weight is 273 g/mol. The number of imidazole rings is 1. The van der Waals surface area contributed by atoms with Gasteiger partial charge in [-0.05, 0) is 37.4 Å². The molecule has 3 nitrogen and oxygen atoms in total. The van der Waals surface area contributed by atoms with Crippen molar-refractivity contribution >= 4 is 11.0 Å². The summed E-state index contributed by atoms with van der Waals surface area (Å²) in [5.74, 6) is 1.89. The molecule has 2 aromatic rings.